The summed E-state index contributed by atoms with van der Waals surface area (Å²) in [5, 5.41) is 3.00. The van der Waals surface area contributed by atoms with Crippen molar-refractivity contribution in [2.45, 2.75) is 0 Å². The first-order valence-electron chi connectivity index (χ1n) is 5.50. The molecule has 0 N–H and O–H groups in total. The quantitative estimate of drug-likeness (QED) is 0.629. The highest BCUT2D eigenvalue weighted by molar-refractivity contribution is 6.31. The second-order valence-corrected chi connectivity index (χ2v) is 4.43. The molecule has 4 heteroatoms. The second-order valence-electron chi connectivity index (χ2n) is 3.99. The van der Waals surface area contributed by atoms with Crippen LogP contribution in [-0.2, 0) is 0 Å². The zero-order chi connectivity index (χ0) is 12.7. The van der Waals surface area contributed by atoms with E-state index in [0.717, 1.165) is 16.3 Å². The summed E-state index contributed by atoms with van der Waals surface area (Å²) < 4.78 is 1.30. The van der Waals surface area contributed by atoms with Crippen molar-refractivity contribution in [3.05, 3.63) is 57.8 Å². The van der Waals surface area contributed by atoms with Gasteiger partial charge in [-0.3, -0.25) is 4.79 Å². The average Bonchev–Trinajstić information content (AvgIpc) is 2.39. The molecule has 0 spiro atoms. The van der Waals surface area contributed by atoms with E-state index in [1.54, 1.807) is 18.2 Å². The fourth-order valence-electron chi connectivity index (χ4n) is 2.20. The molecule has 90 valence electrons. The minimum Gasteiger partial charge on any atom is -0.413 e. The molecule has 0 aliphatic carbocycles. The molecule has 0 unspecified atom stereocenters. The molecule has 0 saturated carbocycles. The van der Waals surface area contributed by atoms with Crippen molar-refractivity contribution in [3.8, 4) is 0 Å². The van der Waals surface area contributed by atoms with Crippen molar-refractivity contribution in [1.29, 1.82) is 0 Å². The van der Waals surface area contributed by atoms with Gasteiger partial charge in [0.2, 0.25) is 0 Å². The van der Waals surface area contributed by atoms with Gasteiger partial charge < -0.3 is 4.84 Å². The van der Waals surface area contributed by atoms with E-state index < -0.39 is 0 Å². The number of halogens is 1. The van der Waals surface area contributed by atoms with Crippen LogP contribution in [-0.4, -0.2) is 11.8 Å². The summed E-state index contributed by atoms with van der Waals surface area (Å²) in [4.78, 5) is 17.4. The Morgan fingerprint density at radius 2 is 1.83 bits per heavy atom. The molecule has 0 fully saturated rings. The molecular formula is C14H10ClNO2. The predicted octanol–water partition coefficient (Wildman–Crippen LogP) is 2.87. The first-order chi connectivity index (χ1) is 8.72. The molecule has 1 heterocycles. The van der Waals surface area contributed by atoms with E-state index in [1.807, 2.05) is 24.3 Å². The molecule has 1 aromatic heterocycles. The summed E-state index contributed by atoms with van der Waals surface area (Å²) in [7, 11) is 1.48. The monoisotopic (exact) mass is 259 g/mol. The molecule has 3 rings (SSSR count). The van der Waals surface area contributed by atoms with Crippen molar-refractivity contribution in [2.24, 2.45) is 0 Å². The van der Waals surface area contributed by atoms with Gasteiger partial charge in [-0.1, -0.05) is 29.8 Å². The zero-order valence-corrected chi connectivity index (χ0v) is 10.4. The van der Waals surface area contributed by atoms with E-state index in [1.165, 1.54) is 11.8 Å². The van der Waals surface area contributed by atoms with Crippen LogP contribution >= 0.6 is 11.6 Å². The highest BCUT2D eigenvalue weighted by atomic mass is 35.5. The Balaban J connectivity index is 2.67. The number of hydrogen-bond acceptors (Lipinski definition) is 2. The van der Waals surface area contributed by atoms with Crippen molar-refractivity contribution < 1.29 is 4.84 Å². The first kappa shape index (κ1) is 11.1. The molecule has 0 atom stereocenters. The van der Waals surface area contributed by atoms with Crippen molar-refractivity contribution >= 4 is 33.3 Å². The van der Waals surface area contributed by atoms with Crippen LogP contribution in [0, 0.1) is 0 Å². The van der Waals surface area contributed by atoms with Gasteiger partial charge in [-0.2, -0.15) is 0 Å². The van der Waals surface area contributed by atoms with E-state index in [0.29, 0.717) is 10.4 Å². The Labute approximate surface area is 108 Å². The van der Waals surface area contributed by atoms with Gasteiger partial charge in [0.1, 0.15) is 7.11 Å². The van der Waals surface area contributed by atoms with Gasteiger partial charge in [0.05, 0.1) is 10.9 Å². The Kier molecular flexibility index (Phi) is 2.49. The van der Waals surface area contributed by atoms with Crippen LogP contribution in [0.1, 0.15) is 0 Å². The highest BCUT2D eigenvalue weighted by Crippen LogP contribution is 2.24. The fourth-order valence-corrected chi connectivity index (χ4v) is 2.38. The van der Waals surface area contributed by atoms with E-state index in [2.05, 4.69) is 0 Å². The average molecular weight is 260 g/mol. The number of aromatic nitrogens is 1. The predicted molar refractivity (Wildman–Crippen MR) is 73.2 cm³/mol. The van der Waals surface area contributed by atoms with Gasteiger partial charge in [-0.25, -0.2) is 0 Å². The van der Waals surface area contributed by atoms with Gasteiger partial charge in [-0.05, 0) is 29.7 Å². The lowest BCUT2D eigenvalue weighted by atomic mass is 10.1. The van der Waals surface area contributed by atoms with Gasteiger partial charge in [0.25, 0.3) is 5.56 Å². The number of pyridine rings is 1. The molecule has 0 aliphatic rings. The minimum atomic E-state index is -0.178. The molecule has 2 aromatic carbocycles. The Hall–Kier alpha value is -2.00. The van der Waals surface area contributed by atoms with Gasteiger partial charge in [0.15, 0.2) is 0 Å². The minimum absolute atomic E-state index is 0.178. The number of para-hydroxylation sites is 1. The standard InChI is InChI=1S/C14H10ClNO2/c1-18-16-13-5-3-2-4-10(13)12-8-9(15)6-7-11(12)14(16)17/h2-8H,1H3. The highest BCUT2D eigenvalue weighted by Gasteiger charge is 2.10. The maximum Gasteiger partial charge on any atom is 0.291 e. The van der Waals surface area contributed by atoms with E-state index in [9.17, 15) is 4.79 Å². The molecule has 18 heavy (non-hydrogen) atoms. The van der Waals surface area contributed by atoms with Crippen LogP contribution in [0.4, 0.5) is 0 Å². The van der Waals surface area contributed by atoms with Crippen molar-refractivity contribution in [2.75, 3.05) is 7.11 Å². The SMILES string of the molecule is COn1c(=O)c2ccc(Cl)cc2c2ccccc21. The van der Waals surface area contributed by atoms with E-state index in [4.69, 9.17) is 16.4 Å². The van der Waals surface area contributed by atoms with Crippen LogP contribution in [0.5, 0.6) is 0 Å². The fraction of sp³-hybridized carbons (Fsp3) is 0.0714. The summed E-state index contributed by atoms with van der Waals surface area (Å²) in [6.45, 7) is 0. The molecule has 0 radical (unpaired) electrons. The lowest BCUT2D eigenvalue weighted by molar-refractivity contribution is 0.170. The Bertz CT molecular complexity index is 808. The van der Waals surface area contributed by atoms with E-state index in [-0.39, 0.29) is 5.56 Å². The normalized spacial score (nSPS) is 11.0. The van der Waals surface area contributed by atoms with Crippen LogP contribution in [0.25, 0.3) is 21.7 Å². The van der Waals surface area contributed by atoms with Crippen molar-refractivity contribution in [3.63, 3.8) is 0 Å². The van der Waals surface area contributed by atoms with Gasteiger partial charge >= 0.3 is 0 Å². The summed E-state index contributed by atoms with van der Waals surface area (Å²) in [5.41, 5.74) is 0.558. The van der Waals surface area contributed by atoms with E-state index >= 15 is 0 Å². The largest absolute Gasteiger partial charge is 0.413 e. The molecule has 0 aliphatic heterocycles. The van der Waals surface area contributed by atoms with Crippen LogP contribution in [0.3, 0.4) is 0 Å². The third-order valence-corrected chi connectivity index (χ3v) is 3.23. The lowest BCUT2D eigenvalue weighted by Crippen LogP contribution is -2.25. The number of fused-ring (bicyclic) bond motifs is 3. The summed E-state index contributed by atoms with van der Waals surface area (Å²) in [6, 6.07) is 12.8. The van der Waals surface area contributed by atoms with Crippen LogP contribution < -0.4 is 10.4 Å². The maximum absolute atomic E-state index is 12.3. The molecule has 3 aromatic rings. The Morgan fingerprint density at radius 3 is 2.61 bits per heavy atom. The molecule has 0 amide bonds. The van der Waals surface area contributed by atoms with Crippen molar-refractivity contribution in [1.82, 2.24) is 4.73 Å². The Morgan fingerprint density at radius 1 is 1.06 bits per heavy atom. The lowest BCUT2D eigenvalue weighted by Gasteiger charge is -2.11. The third-order valence-electron chi connectivity index (χ3n) is 2.99. The number of rotatable bonds is 1. The van der Waals surface area contributed by atoms with Crippen LogP contribution in [0.15, 0.2) is 47.3 Å². The summed E-state index contributed by atoms with van der Waals surface area (Å²) in [6.07, 6.45) is 0. The molecule has 0 saturated heterocycles. The van der Waals surface area contributed by atoms with Crippen LogP contribution in [0.2, 0.25) is 5.02 Å². The number of nitrogens with zero attached hydrogens (tertiary/aromatic N) is 1. The molecule has 3 nitrogen and oxygen atoms in total. The van der Waals surface area contributed by atoms with Gasteiger partial charge in [-0.15, -0.1) is 4.73 Å². The number of hydrogen-bond donors (Lipinski definition) is 0. The smallest absolute Gasteiger partial charge is 0.291 e. The first-order valence-corrected chi connectivity index (χ1v) is 5.87. The second kappa shape index (κ2) is 4.03. The number of benzene rings is 2. The van der Waals surface area contributed by atoms with Gasteiger partial charge in [0, 0.05) is 10.4 Å². The summed E-state index contributed by atoms with van der Waals surface area (Å²) in [5.74, 6) is 0. The molecule has 0 bridgehead atoms. The summed E-state index contributed by atoms with van der Waals surface area (Å²) >= 11 is 6.00. The third kappa shape index (κ3) is 1.48. The zero-order valence-electron chi connectivity index (χ0n) is 9.68. The molecular weight excluding hydrogens is 250 g/mol. The maximum atomic E-state index is 12.3. The topological polar surface area (TPSA) is 31.2 Å².